The number of anilines is 1. The summed E-state index contributed by atoms with van der Waals surface area (Å²) >= 11 is 0. The largest absolute Gasteiger partial charge is 0.493 e. The molecule has 170 valence electrons. The van der Waals surface area contributed by atoms with Crippen molar-refractivity contribution in [2.24, 2.45) is 0 Å². The highest BCUT2D eigenvalue weighted by atomic mass is 16.5. The molecule has 6 rings (SSSR count). The van der Waals surface area contributed by atoms with Gasteiger partial charge in [0.25, 0.3) is 0 Å². The van der Waals surface area contributed by atoms with Crippen molar-refractivity contribution in [1.29, 1.82) is 0 Å². The Hall–Kier alpha value is -4.06. The molecule has 6 heteroatoms. The summed E-state index contributed by atoms with van der Waals surface area (Å²) < 4.78 is 5.73. The predicted octanol–water partition coefficient (Wildman–Crippen LogP) is 4.73. The molecule has 0 bridgehead atoms. The number of pyridine rings is 1. The van der Waals surface area contributed by atoms with Crippen molar-refractivity contribution in [2.45, 2.75) is 18.9 Å². The third-order valence-electron chi connectivity index (χ3n) is 6.81. The number of aromatic nitrogens is 2. The highest BCUT2D eigenvalue weighted by molar-refractivity contribution is 5.93. The van der Waals surface area contributed by atoms with E-state index in [1.807, 2.05) is 42.3 Å². The van der Waals surface area contributed by atoms with Crippen molar-refractivity contribution in [1.82, 2.24) is 14.9 Å². The molecule has 2 aliphatic rings. The number of fused-ring (bicyclic) bond motifs is 4. The average Bonchev–Trinajstić information content (AvgIpc) is 3.51. The van der Waals surface area contributed by atoms with E-state index in [1.54, 1.807) is 12.3 Å². The van der Waals surface area contributed by atoms with Crippen molar-refractivity contribution in [3.05, 3.63) is 94.8 Å². The molecule has 0 saturated carbocycles. The Bertz CT molecular complexity index is 1400. The number of nitrogens with one attached hydrogen (secondary N) is 2. The molecule has 1 atom stereocenters. The number of hydrogen-bond donors (Lipinski definition) is 2. The molecule has 4 heterocycles. The van der Waals surface area contributed by atoms with Gasteiger partial charge in [0.15, 0.2) is 0 Å². The molecule has 34 heavy (non-hydrogen) atoms. The maximum atomic E-state index is 13.5. The molecule has 0 saturated heterocycles. The minimum absolute atomic E-state index is 0.0104. The summed E-state index contributed by atoms with van der Waals surface area (Å²) in [6.07, 6.45) is 6.98. The monoisotopic (exact) mass is 450 g/mol. The van der Waals surface area contributed by atoms with E-state index in [9.17, 15) is 4.79 Å². The fraction of sp³-hybridized carbons (Fsp3) is 0.214. The summed E-state index contributed by atoms with van der Waals surface area (Å²) in [6, 6.07) is 18.4. The molecule has 2 aromatic heterocycles. The van der Waals surface area contributed by atoms with Crippen molar-refractivity contribution in [3.8, 4) is 5.75 Å². The van der Waals surface area contributed by atoms with E-state index < -0.39 is 0 Å². The number of hydrogen-bond acceptors (Lipinski definition) is 4. The standard InChI is InChI=1S/C28H26N4O2/c1-29-25-10-6-18(17-30-25)7-11-26(33)32-14-12-22-21-4-2-3-5-23(21)31-27(22)28(32)20-8-9-24-19(16-20)13-15-34-24/h2-11,16-17,28,31H,12-15H2,1H3,(H,29,30)/t28-/m1/s1. The van der Waals surface area contributed by atoms with Crippen molar-refractivity contribution < 1.29 is 9.53 Å². The Labute approximate surface area is 198 Å². The van der Waals surface area contributed by atoms with Gasteiger partial charge in [0.05, 0.1) is 12.6 Å². The third-order valence-corrected chi connectivity index (χ3v) is 6.81. The van der Waals surface area contributed by atoms with E-state index in [2.05, 4.69) is 45.6 Å². The number of rotatable bonds is 4. The molecule has 6 nitrogen and oxygen atoms in total. The van der Waals surface area contributed by atoms with Gasteiger partial charge in [-0.05, 0) is 65.1 Å². The van der Waals surface area contributed by atoms with Gasteiger partial charge in [-0.1, -0.05) is 24.3 Å². The molecule has 0 aliphatic carbocycles. The van der Waals surface area contributed by atoms with Crippen LogP contribution >= 0.6 is 0 Å². The Morgan fingerprint density at radius 2 is 2.09 bits per heavy atom. The Morgan fingerprint density at radius 3 is 2.94 bits per heavy atom. The second-order valence-corrected chi connectivity index (χ2v) is 8.77. The summed E-state index contributed by atoms with van der Waals surface area (Å²) in [5.41, 5.74) is 6.73. The number of nitrogens with zero attached hydrogens (tertiary/aromatic N) is 2. The maximum absolute atomic E-state index is 13.5. The van der Waals surface area contributed by atoms with Crippen molar-refractivity contribution in [2.75, 3.05) is 25.5 Å². The molecule has 1 amide bonds. The van der Waals surface area contributed by atoms with E-state index in [-0.39, 0.29) is 11.9 Å². The first-order valence-electron chi connectivity index (χ1n) is 11.7. The zero-order valence-corrected chi connectivity index (χ0v) is 19.0. The normalized spacial score (nSPS) is 17.0. The number of benzene rings is 2. The van der Waals surface area contributed by atoms with Crippen LogP contribution in [-0.2, 0) is 17.6 Å². The van der Waals surface area contributed by atoms with Crippen LogP contribution in [-0.4, -0.2) is 41.0 Å². The smallest absolute Gasteiger partial charge is 0.247 e. The number of carbonyl (C=O) groups is 1. The van der Waals surface area contributed by atoms with Crippen molar-refractivity contribution >= 4 is 28.7 Å². The number of ether oxygens (including phenoxy) is 1. The molecule has 4 aromatic rings. The molecule has 0 spiro atoms. The minimum Gasteiger partial charge on any atom is -0.493 e. The van der Waals surface area contributed by atoms with Gasteiger partial charge < -0.3 is 19.9 Å². The number of aromatic amines is 1. The number of carbonyl (C=O) groups excluding carboxylic acids is 1. The summed E-state index contributed by atoms with van der Waals surface area (Å²) in [5.74, 6) is 1.74. The zero-order chi connectivity index (χ0) is 23.1. The lowest BCUT2D eigenvalue weighted by Crippen LogP contribution is -2.39. The maximum Gasteiger partial charge on any atom is 0.247 e. The molecule has 0 radical (unpaired) electrons. The van der Waals surface area contributed by atoms with Crippen molar-refractivity contribution in [3.63, 3.8) is 0 Å². The van der Waals surface area contributed by atoms with Gasteiger partial charge in [0, 0.05) is 48.9 Å². The Morgan fingerprint density at radius 1 is 1.18 bits per heavy atom. The zero-order valence-electron chi connectivity index (χ0n) is 19.0. The predicted molar refractivity (Wildman–Crippen MR) is 134 cm³/mol. The summed E-state index contributed by atoms with van der Waals surface area (Å²) in [7, 11) is 1.83. The lowest BCUT2D eigenvalue weighted by atomic mass is 9.91. The van der Waals surface area contributed by atoms with Crippen LogP contribution in [0.15, 0.2) is 66.9 Å². The SMILES string of the molecule is CNc1ccc(C=CC(=O)N2CCc3c([nH]c4ccccc34)[C@H]2c2ccc3c(c2)CCO3)cn1. The molecular formula is C28H26N4O2. The topological polar surface area (TPSA) is 70.2 Å². The fourth-order valence-electron chi connectivity index (χ4n) is 5.12. The van der Waals surface area contributed by atoms with E-state index in [0.29, 0.717) is 13.2 Å². The molecule has 2 aliphatic heterocycles. The Kier molecular flexibility index (Phi) is 5.06. The molecule has 2 N–H and O–H groups in total. The lowest BCUT2D eigenvalue weighted by molar-refractivity contribution is -0.128. The van der Waals surface area contributed by atoms with Crippen LogP contribution < -0.4 is 10.1 Å². The van der Waals surface area contributed by atoms with Gasteiger partial charge in [-0.25, -0.2) is 4.98 Å². The summed E-state index contributed by atoms with van der Waals surface area (Å²) in [5, 5.41) is 4.25. The van der Waals surface area contributed by atoms with Crippen LogP contribution in [0.5, 0.6) is 5.75 Å². The fourth-order valence-corrected chi connectivity index (χ4v) is 5.12. The minimum atomic E-state index is -0.177. The number of H-pyrrole nitrogens is 1. The molecule has 0 fully saturated rings. The average molecular weight is 451 g/mol. The number of amides is 1. The first-order chi connectivity index (χ1) is 16.7. The second kappa shape index (κ2) is 8.37. The van der Waals surface area contributed by atoms with E-state index in [1.165, 1.54) is 16.5 Å². The highest BCUT2D eigenvalue weighted by Gasteiger charge is 2.34. The van der Waals surface area contributed by atoms with E-state index in [0.717, 1.165) is 46.7 Å². The number of para-hydroxylation sites is 1. The summed E-state index contributed by atoms with van der Waals surface area (Å²) in [4.78, 5) is 23.4. The van der Waals surface area contributed by atoms with Crippen LogP contribution in [0, 0.1) is 0 Å². The molecule has 0 unspecified atom stereocenters. The molecular weight excluding hydrogens is 424 g/mol. The van der Waals surface area contributed by atoms with Crippen LogP contribution in [0.1, 0.15) is 34.0 Å². The molecule has 2 aromatic carbocycles. The lowest BCUT2D eigenvalue weighted by Gasteiger charge is -2.36. The van der Waals surface area contributed by atoms with Gasteiger partial charge in [-0.15, -0.1) is 0 Å². The first kappa shape index (κ1) is 20.5. The van der Waals surface area contributed by atoms with E-state index in [4.69, 9.17) is 4.74 Å². The van der Waals surface area contributed by atoms with E-state index >= 15 is 0 Å². The van der Waals surface area contributed by atoms with Crippen LogP contribution in [0.4, 0.5) is 5.82 Å². The van der Waals surface area contributed by atoms with Gasteiger partial charge in [-0.2, -0.15) is 0 Å². The van der Waals surface area contributed by atoms with Gasteiger partial charge >= 0.3 is 0 Å². The highest BCUT2D eigenvalue weighted by Crippen LogP contribution is 2.40. The van der Waals surface area contributed by atoms with Gasteiger partial charge in [0.2, 0.25) is 5.91 Å². The quantitative estimate of drug-likeness (QED) is 0.441. The third kappa shape index (κ3) is 3.52. The second-order valence-electron chi connectivity index (χ2n) is 8.77. The van der Waals surface area contributed by atoms with Gasteiger partial charge in [-0.3, -0.25) is 4.79 Å². The van der Waals surface area contributed by atoms with Crippen LogP contribution in [0.25, 0.3) is 17.0 Å². The Balaban J connectivity index is 1.39. The summed E-state index contributed by atoms with van der Waals surface area (Å²) in [6.45, 7) is 1.38. The first-order valence-corrected chi connectivity index (χ1v) is 11.7. The van der Waals surface area contributed by atoms with Crippen LogP contribution in [0.2, 0.25) is 0 Å². The van der Waals surface area contributed by atoms with Crippen LogP contribution in [0.3, 0.4) is 0 Å². The van der Waals surface area contributed by atoms with Gasteiger partial charge in [0.1, 0.15) is 11.6 Å².